The van der Waals surface area contributed by atoms with Crippen molar-refractivity contribution in [3.05, 3.63) is 21.4 Å². The molecule has 1 saturated heterocycles. The molecule has 1 aromatic rings. The van der Waals surface area contributed by atoms with Gasteiger partial charge in [-0.3, -0.25) is 19.7 Å². The average Bonchev–Trinajstić information content (AvgIpc) is 2.88. The van der Waals surface area contributed by atoms with Crippen molar-refractivity contribution >= 4 is 29.1 Å². The molecule has 2 heterocycles. The van der Waals surface area contributed by atoms with Gasteiger partial charge in [0.05, 0.1) is 4.88 Å². The Hall–Kier alpha value is -1.69. The lowest BCUT2D eigenvalue weighted by Gasteiger charge is -2.24. The smallest absolute Gasteiger partial charge is 0.264 e. The standard InChI is InChI=1S/C15H18N2O3S/c1-2-9-3-4-11-10(5-9)6-12(21-11)15(20)17-7-13(18)16-14(19)8-17/h6,9H,2-5,7-8H2,1H3,(H,16,18,19). The van der Waals surface area contributed by atoms with Crippen molar-refractivity contribution in [2.45, 2.75) is 32.6 Å². The van der Waals surface area contributed by atoms with Crippen molar-refractivity contribution < 1.29 is 14.4 Å². The highest BCUT2D eigenvalue weighted by molar-refractivity contribution is 7.14. The molecule has 1 aromatic heterocycles. The minimum Gasteiger partial charge on any atom is -0.319 e. The first-order valence-electron chi connectivity index (χ1n) is 7.30. The number of thiophene rings is 1. The summed E-state index contributed by atoms with van der Waals surface area (Å²) in [6, 6.07) is 1.96. The van der Waals surface area contributed by atoms with Crippen LogP contribution in [-0.4, -0.2) is 35.7 Å². The van der Waals surface area contributed by atoms with Gasteiger partial charge in [-0.1, -0.05) is 13.3 Å². The molecular formula is C15H18N2O3S. The fourth-order valence-corrected chi connectivity index (χ4v) is 4.17. The van der Waals surface area contributed by atoms with Crippen LogP contribution in [0.3, 0.4) is 0 Å². The van der Waals surface area contributed by atoms with Crippen LogP contribution >= 0.6 is 11.3 Å². The number of nitrogens with zero attached hydrogens (tertiary/aromatic N) is 1. The molecule has 0 bridgehead atoms. The molecule has 1 aliphatic heterocycles. The third-order valence-corrected chi connectivity index (χ3v) is 5.43. The fraction of sp³-hybridized carbons (Fsp3) is 0.533. The van der Waals surface area contributed by atoms with Gasteiger partial charge in [0.15, 0.2) is 0 Å². The monoisotopic (exact) mass is 306 g/mol. The van der Waals surface area contributed by atoms with Crippen molar-refractivity contribution in [2.75, 3.05) is 13.1 Å². The number of aryl methyl sites for hydroxylation is 1. The minimum absolute atomic E-state index is 0.0370. The zero-order valence-electron chi connectivity index (χ0n) is 12.0. The van der Waals surface area contributed by atoms with Gasteiger partial charge >= 0.3 is 0 Å². The fourth-order valence-electron chi connectivity index (χ4n) is 2.99. The van der Waals surface area contributed by atoms with Gasteiger partial charge in [0.25, 0.3) is 5.91 Å². The Morgan fingerprint density at radius 3 is 2.76 bits per heavy atom. The zero-order valence-corrected chi connectivity index (χ0v) is 12.8. The molecule has 21 heavy (non-hydrogen) atoms. The Bertz CT molecular complexity index is 592. The number of hydrogen-bond acceptors (Lipinski definition) is 4. The van der Waals surface area contributed by atoms with E-state index >= 15 is 0 Å². The molecule has 3 amide bonds. The Balaban J connectivity index is 1.78. The maximum absolute atomic E-state index is 12.5. The topological polar surface area (TPSA) is 66.5 Å². The lowest BCUT2D eigenvalue weighted by atomic mass is 9.87. The third kappa shape index (κ3) is 2.85. The lowest BCUT2D eigenvalue weighted by Crippen LogP contribution is -2.53. The summed E-state index contributed by atoms with van der Waals surface area (Å²) in [7, 11) is 0. The normalized spacial score (nSPS) is 22.0. The molecule has 6 heteroatoms. The molecule has 1 fully saturated rings. The molecule has 0 spiro atoms. The molecule has 1 atom stereocenters. The zero-order chi connectivity index (χ0) is 15.0. The lowest BCUT2D eigenvalue weighted by molar-refractivity contribution is -0.135. The summed E-state index contributed by atoms with van der Waals surface area (Å²) in [6.45, 7) is 2.13. The number of carbonyl (C=O) groups is 3. The SMILES string of the molecule is CCC1CCc2sc(C(=O)N3CC(=O)NC(=O)C3)cc2C1. The Labute approximate surface area is 127 Å². The van der Waals surface area contributed by atoms with Gasteiger partial charge in [-0.05, 0) is 36.8 Å². The predicted molar refractivity (Wildman–Crippen MR) is 79.2 cm³/mol. The van der Waals surface area contributed by atoms with E-state index < -0.39 is 11.8 Å². The second-order valence-electron chi connectivity index (χ2n) is 5.71. The summed E-state index contributed by atoms with van der Waals surface area (Å²) in [6.07, 6.45) is 4.42. The largest absolute Gasteiger partial charge is 0.319 e. The number of hydrogen-bond donors (Lipinski definition) is 1. The summed E-state index contributed by atoms with van der Waals surface area (Å²) in [5, 5.41) is 2.21. The second-order valence-corrected chi connectivity index (χ2v) is 6.85. The van der Waals surface area contributed by atoms with Crippen LogP contribution in [0.5, 0.6) is 0 Å². The van der Waals surface area contributed by atoms with Gasteiger partial charge in [-0.15, -0.1) is 11.3 Å². The molecule has 112 valence electrons. The summed E-state index contributed by atoms with van der Waals surface area (Å²) < 4.78 is 0. The van der Waals surface area contributed by atoms with Crippen molar-refractivity contribution in [1.82, 2.24) is 10.2 Å². The van der Waals surface area contributed by atoms with Crippen LogP contribution in [0.25, 0.3) is 0 Å². The van der Waals surface area contributed by atoms with Crippen LogP contribution in [0.15, 0.2) is 6.07 Å². The van der Waals surface area contributed by atoms with E-state index in [0.717, 1.165) is 12.8 Å². The van der Waals surface area contributed by atoms with Crippen molar-refractivity contribution in [2.24, 2.45) is 5.92 Å². The number of amides is 3. The summed E-state index contributed by atoms with van der Waals surface area (Å²) in [4.78, 5) is 38.5. The quantitative estimate of drug-likeness (QED) is 0.839. The molecular weight excluding hydrogens is 288 g/mol. The predicted octanol–water partition coefficient (Wildman–Crippen LogP) is 1.36. The van der Waals surface area contributed by atoms with Crippen molar-refractivity contribution in [3.63, 3.8) is 0 Å². The van der Waals surface area contributed by atoms with E-state index in [4.69, 9.17) is 0 Å². The molecule has 0 radical (unpaired) electrons. The van der Waals surface area contributed by atoms with E-state index in [9.17, 15) is 14.4 Å². The average molecular weight is 306 g/mol. The highest BCUT2D eigenvalue weighted by Crippen LogP contribution is 2.34. The van der Waals surface area contributed by atoms with Crippen molar-refractivity contribution in [1.29, 1.82) is 0 Å². The number of carbonyl (C=O) groups excluding carboxylic acids is 3. The molecule has 3 rings (SSSR count). The van der Waals surface area contributed by atoms with E-state index in [1.54, 1.807) is 0 Å². The number of fused-ring (bicyclic) bond motifs is 1. The van der Waals surface area contributed by atoms with Crippen LogP contribution in [0.2, 0.25) is 0 Å². The highest BCUT2D eigenvalue weighted by Gasteiger charge is 2.29. The van der Waals surface area contributed by atoms with Gasteiger partial charge in [0.2, 0.25) is 11.8 Å². The van der Waals surface area contributed by atoms with E-state index in [0.29, 0.717) is 10.8 Å². The van der Waals surface area contributed by atoms with E-state index in [2.05, 4.69) is 12.2 Å². The molecule has 0 aromatic carbocycles. The molecule has 5 nitrogen and oxygen atoms in total. The van der Waals surface area contributed by atoms with Gasteiger partial charge in [0.1, 0.15) is 13.1 Å². The Kier molecular flexibility index (Phi) is 3.80. The van der Waals surface area contributed by atoms with Crippen molar-refractivity contribution in [3.8, 4) is 0 Å². The van der Waals surface area contributed by atoms with Crippen LogP contribution in [0.1, 0.15) is 39.9 Å². The van der Waals surface area contributed by atoms with Crippen LogP contribution in [0, 0.1) is 5.92 Å². The molecule has 1 unspecified atom stereocenters. The number of nitrogens with one attached hydrogen (secondary N) is 1. The first-order chi connectivity index (χ1) is 10.1. The van der Waals surface area contributed by atoms with Gasteiger partial charge in [0, 0.05) is 4.88 Å². The molecule has 2 aliphatic rings. The maximum atomic E-state index is 12.5. The number of piperazine rings is 1. The Morgan fingerprint density at radius 1 is 1.38 bits per heavy atom. The third-order valence-electron chi connectivity index (χ3n) is 4.21. The van der Waals surface area contributed by atoms with Gasteiger partial charge < -0.3 is 4.90 Å². The first kappa shape index (κ1) is 14.3. The molecule has 0 saturated carbocycles. The van der Waals surface area contributed by atoms with Crippen LogP contribution < -0.4 is 5.32 Å². The Morgan fingerprint density at radius 2 is 2.10 bits per heavy atom. The van der Waals surface area contributed by atoms with E-state index in [-0.39, 0.29) is 19.0 Å². The minimum atomic E-state index is -0.410. The van der Waals surface area contributed by atoms with E-state index in [1.807, 2.05) is 6.07 Å². The summed E-state index contributed by atoms with van der Waals surface area (Å²) >= 11 is 1.52. The summed E-state index contributed by atoms with van der Waals surface area (Å²) in [5.41, 5.74) is 1.27. The van der Waals surface area contributed by atoms with Gasteiger partial charge in [-0.25, -0.2) is 0 Å². The summed E-state index contributed by atoms with van der Waals surface area (Å²) in [5.74, 6) is -0.318. The number of imide groups is 1. The van der Waals surface area contributed by atoms with E-state index in [1.165, 1.54) is 39.5 Å². The second kappa shape index (κ2) is 5.60. The van der Waals surface area contributed by atoms with Gasteiger partial charge in [-0.2, -0.15) is 0 Å². The maximum Gasteiger partial charge on any atom is 0.264 e. The number of rotatable bonds is 2. The van der Waals surface area contributed by atoms with Crippen LogP contribution in [-0.2, 0) is 22.4 Å². The molecule has 1 aliphatic carbocycles. The molecule has 1 N–H and O–H groups in total. The van der Waals surface area contributed by atoms with Crippen LogP contribution in [0.4, 0.5) is 0 Å². The first-order valence-corrected chi connectivity index (χ1v) is 8.12. The highest BCUT2D eigenvalue weighted by atomic mass is 32.1.